The average Bonchev–Trinajstić information content (AvgIpc) is 2.94. The van der Waals surface area contributed by atoms with Crippen molar-refractivity contribution in [3.8, 4) is 0 Å². The maximum absolute atomic E-state index is 12.7. The Morgan fingerprint density at radius 2 is 2.05 bits per heavy atom. The van der Waals surface area contributed by atoms with Gasteiger partial charge in [-0.05, 0) is 13.0 Å². The Hall–Kier alpha value is -2.32. The van der Waals surface area contributed by atoms with Crippen molar-refractivity contribution < 1.29 is 18.0 Å². The van der Waals surface area contributed by atoms with E-state index in [1.165, 1.54) is 16.9 Å². The molecule has 0 radical (unpaired) electrons. The molecule has 0 unspecified atom stereocenters. The summed E-state index contributed by atoms with van der Waals surface area (Å²) in [5.74, 6) is -0.408. The fourth-order valence-corrected chi connectivity index (χ4v) is 1.96. The van der Waals surface area contributed by atoms with Crippen molar-refractivity contribution in [3.63, 3.8) is 0 Å². The number of rotatable bonds is 4. The fraction of sp³-hybridized carbons (Fsp3) is 0.462. The van der Waals surface area contributed by atoms with E-state index in [2.05, 4.69) is 10.1 Å². The molecule has 9 heteroatoms. The molecule has 0 bridgehead atoms. The highest BCUT2D eigenvalue weighted by Crippen LogP contribution is 2.19. The number of aromatic nitrogens is 4. The van der Waals surface area contributed by atoms with Crippen LogP contribution in [0.1, 0.15) is 22.0 Å². The number of carbonyl (C=O) groups excluding carboxylic acids is 1. The van der Waals surface area contributed by atoms with Crippen LogP contribution >= 0.6 is 0 Å². The Morgan fingerprint density at radius 1 is 1.36 bits per heavy atom. The predicted molar refractivity (Wildman–Crippen MR) is 71.9 cm³/mol. The second-order valence-electron chi connectivity index (χ2n) is 5.03. The van der Waals surface area contributed by atoms with E-state index in [-0.39, 0.29) is 12.2 Å². The Kier molecular flexibility index (Phi) is 4.25. The molecule has 2 rings (SSSR count). The Bertz CT molecular complexity index is 654. The molecule has 22 heavy (non-hydrogen) atoms. The second-order valence-corrected chi connectivity index (χ2v) is 5.03. The average molecular weight is 315 g/mol. The summed E-state index contributed by atoms with van der Waals surface area (Å²) in [4.78, 5) is 17.0. The van der Waals surface area contributed by atoms with E-state index in [4.69, 9.17) is 0 Å². The minimum absolute atomic E-state index is 0.0153. The number of hydrogen-bond acceptors (Lipinski definition) is 3. The summed E-state index contributed by atoms with van der Waals surface area (Å²) in [7, 11) is 3.28. The van der Waals surface area contributed by atoms with Crippen LogP contribution in [0.3, 0.4) is 0 Å². The molecular weight excluding hydrogens is 299 g/mol. The molecule has 0 aromatic carbocycles. The lowest BCUT2D eigenvalue weighted by Crippen LogP contribution is -2.39. The lowest BCUT2D eigenvalue weighted by molar-refractivity contribution is -0.141. The van der Waals surface area contributed by atoms with Crippen LogP contribution in [0.4, 0.5) is 13.2 Å². The third-order valence-electron chi connectivity index (χ3n) is 3.24. The maximum atomic E-state index is 12.7. The Balaban J connectivity index is 2.27. The summed E-state index contributed by atoms with van der Waals surface area (Å²) in [6.07, 6.45) is -1.42. The van der Waals surface area contributed by atoms with Gasteiger partial charge in [-0.25, -0.2) is 4.98 Å². The Labute approximate surface area is 125 Å². The number of halogens is 3. The van der Waals surface area contributed by atoms with Crippen LogP contribution in [0, 0.1) is 6.92 Å². The minimum Gasteiger partial charge on any atom is -0.337 e. The number of carbonyl (C=O) groups is 1. The molecule has 2 heterocycles. The predicted octanol–water partition coefficient (Wildman–Crippen LogP) is 1.67. The van der Waals surface area contributed by atoms with Gasteiger partial charge >= 0.3 is 6.18 Å². The summed E-state index contributed by atoms with van der Waals surface area (Å²) in [6, 6.07) is 1.46. The molecule has 0 saturated heterocycles. The van der Waals surface area contributed by atoms with Gasteiger partial charge in [-0.2, -0.15) is 18.3 Å². The van der Waals surface area contributed by atoms with E-state index in [0.717, 1.165) is 0 Å². The van der Waals surface area contributed by atoms with Crippen LogP contribution in [-0.4, -0.2) is 42.9 Å². The standard InChI is InChI=1S/C13H16F3N5O/c1-9-6-10(18-20(9)3)12(22)21(8-13(14,15)16)7-11-17-4-5-19(11)2/h4-6H,7-8H2,1-3H3. The van der Waals surface area contributed by atoms with Gasteiger partial charge in [-0.3, -0.25) is 9.48 Å². The third-order valence-corrected chi connectivity index (χ3v) is 3.24. The number of alkyl halides is 3. The maximum Gasteiger partial charge on any atom is 0.406 e. The molecule has 0 atom stereocenters. The van der Waals surface area contributed by atoms with Gasteiger partial charge in [0.1, 0.15) is 12.4 Å². The van der Waals surface area contributed by atoms with Crippen molar-refractivity contribution in [2.45, 2.75) is 19.6 Å². The molecule has 1 amide bonds. The van der Waals surface area contributed by atoms with E-state index < -0.39 is 18.6 Å². The molecule has 0 spiro atoms. The molecule has 0 N–H and O–H groups in total. The van der Waals surface area contributed by atoms with E-state index in [0.29, 0.717) is 16.4 Å². The van der Waals surface area contributed by atoms with Gasteiger partial charge in [-0.15, -0.1) is 0 Å². The van der Waals surface area contributed by atoms with Gasteiger partial charge in [0.15, 0.2) is 5.69 Å². The largest absolute Gasteiger partial charge is 0.406 e. The molecule has 2 aromatic rings. The zero-order valence-corrected chi connectivity index (χ0v) is 12.4. The summed E-state index contributed by atoms with van der Waals surface area (Å²) in [6.45, 7) is 0.127. The van der Waals surface area contributed by atoms with Gasteiger partial charge in [0.05, 0.1) is 6.54 Å². The molecule has 6 nitrogen and oxygen atoms in total. The van der Waals surface area contributed by atoms with Gasteiger partial charge < -0.3 is 9.47 Å². The van der Waals surface area contributed by atoms with E-state index in [9.17, 15) is 18.0 Å². The van der Waals surface area contributed by atoms with Gasteiger partial charge in [0, 0.05) is 32.2 Å². The first-order chi connectivity index (χ1) is 10.2. The summed E-state index contributed by atoms with van der Waals surface area (Å²) in [5.41, 5.74) is 0.672. The van der Waals surface area contributed by atoms with E-state index in [1.807, 2.05) is 0 Å². The first kappa shape index (κ1) is 16.1. The van der Waals surface area contributed by atoms with Crippen LogP contribution in [0.25, 0.3) is 0 Å². The first-order valence-corrected chi connectivity index (χ1v) is 6.50. The van der Waals surface area contributed by atoms with Gasteiger partial charge in [-0.1, -0.05) is 0 Å². The highest BCUT2D eigenvalue weighted by Gasteiger charge is 2.34. The van der Waals surface area contributed by atoms with Crippen molar-refractivity contribution in [1.82, 2.24) is 24.2 Å². The number of nitrogens with zero attached hydrogens (tertiary/aromatic N) is 5. The minimum atomic E-state index is -4.50. The number of amides is 1. The SMILES string of the molecule is Cc1cc(C(=O)N(Cc2nccn2C)CC(F)(F)F)nn1C. The van der Waals surface area contributed by atoms with Crippen molar-refractivity contribution in [1.29, 1.82) is 0 Å². The lowest BCUT2D eigenvalue weighted by Gasteiger charge is -2.22. The zero-order chi connectivity index (χ0) is 16.5. The van der Waals surface area contributed by atoms with E-state index in [1.54, 1.807) is 31.8 Å². The molecule has 0 aliphatic heterocycles. The van der Waals surface area contributed by atoms with Crippen LogP contribution in [0.15, 0.2) is 18.5 Å². The fourth-order valence-electron chi connectivity index (χ4n) is 1.96. The Morgan fingerprint density at radius 3 is 2.50 bits per heavy atom. The first-order valence-electron chi connectivity index (χ1n) is 6.50. The van der Waals surface area contributed by atoms with Gasteiger partial charge in [0.2, 0.25) is 0 Å². The molecule has 0 saturated carbocycles. The molecular formula is C13H16F3N5O. The smallest absolute Gasteiger partial charge is 0.337 e. The number of hydrogen-bond donors (Lipinski definition) is 0. The van der Waals surface area contributed by atoms with Crippen molar-refractivity contribution in [3.05, 3.63) is 35.7 Å². The molecule has 0 fully saturated rings. The van der Waals surface area contributed by atoms with Crippen molar-refractivity contribution in [2.24, 2.45) is 14.1 Å². The zero-order valence-electron chi connectivity index (χ0n) is 12.4. The number of imidazole rings is 1. The molecule has 0 aliphatic carbocycles. The third kappa shape index (κ3) is 3.66. The monoisotopic (exact) mass is 315 g/mol. The topological polar surface area (TPSA) is 56.0 Å². The lowest BCUT2D eigenvalue weighted by atomic mass is 10.3. The van der Waals surface area contributed by atoms with Crippen molar-refractivity contribution in [2.75, 3.05) is 6.54 Å². The van der Waals surface area contributed by atoms with Crippen molar-refractivity contribution >= 4 is 5.91 Å². The molecule has 2 aromatic heterocycles. The van der Waals surface area contributed by atoms with Gasteiger partial charge in [0.25, 0.3) is 5.91 Å². The highest BCUT2D eigenvalue weighted by molar-refractivity contribution is 5.92. The van der Waals surface area contributed by atoms with Crippen LogP contribution in [0.5, 0.6) is 0 Å². The summed E-state index contributed by atoms with van der Waals surface area (Å²) >= 11 is 0. The van der Waals surface area contributed by atoms with E-state index >= 15 is 0 Å². The molecule has 120 valence electrons. The summed E-state index contributed by atoms with van der Waals surface area (Å²) < 4.78 is 41.3. The van der Waals surface area contributed by atoms with Crippen LogP contribution in [0.2, 0.25) is 0 Å². The second kappa shape index (κ2) is 5.82. The number of aryl methyl sites for hydroxylation is 3. The quantitative estimate of drug-likeness (QED) is 0.862. The highest BCUT2D eigenvalue weighted by atomic mass is 19.4. The van der Waals surface area contributed by atoms with Crippen LogP contribution < -0.4 is 0 Å². The van der Waals surface area contributed by atoms with Crippen LogP contribution in [-0.2, 0) is 20.6 Å². The summed E-state index contributed by atoms with van der Waals surface area (Å²) in [5, 5.41) is 3.94. The normalized spacial score (nSPS) is 11.7. The molecule has 0 aliphatic rings.